The molecule has 0 aliphatic heterocycles. The van der Waals surface area contributed by atoms with Crippen molar-refractivity contribution in [1.82, 2.24) is 15.4 Å². The van der Waals surface area contributed by atoms with Crippen molar-refractivity contribution in [2.45, 2.75) is 11.4 Å². The third-order valence-electron chi connectivity index (χ3n) is 3.47. The summed E-state index contributed by atoms with van der Waals surface area (Å²) in [5.74, 6) is -0.130. The van der Waals surface area contributed by atoms with E-state index in [2.05, 4.69) is 15.4 Å². The molecule has 0 aliphatic carbocycles. The minimum Gasteiger partial charge on any atom is -0.355 e. The smallest absolute Gasteiger partial charge is 0.251 e. The quantitative estimate of drug-likeness (QED) is 0.608. The van der Waals surface area contributed by atoms with Gasteiger partial charge in [0, 0.05) is 37.3 Å². The number of nitrogens with one attached hydrogen (secondary N) is 3. The van der Waals surface area contributed by atoms with Crippen LogP contribution in [-0.2, 0) is 16.6 Å². The van der Waals surface area contributed by atoms with Crippen molar-refractivity contribution in [2.24, 2.45) is 0 Å². The molecular weight excluding hydrogens is 362 g/mol. The van der Waals surface area contributed by atoms with Crippen molar-refractivity contribution >= 4 is 27.5 Å². The summed E-state index contributed by atoms with van der Waals surface area (Å²) in [5.41, 5.74) is 1.60. The summed E-state index contributed by atoms with van der Waals surface area (Å²) in [7, 11) is -1.98. The van der Waals surface area contributed by atoms with Gasteiger partial charge in [0.05, 0.1) is 4.90 Å². The summed E-state index contributed by atoms with van der Waals surface area (Å²) in [5, 5.41) is 6.09. The minimum absolute atomic E-state index is 0.130. The Morgan fingerprint density at radius 3 is 2.44 bits per heavy atom. The standard InChI is InChI=1S/C17H20ClN3O3S/c1-19-17(22)14-7-5-13(6-8-14)12-20-9-10-21-25(23,24)16-4-2-3-15(18)11-16/h2-8,11,20-21H,9-10,12H2,1H3,(H,19,22). The maximum atomic E-state index is 12.1. The Balaban J connectivity index is 1.77. The van der Waals surface area contributed by atoms with Crippen LogP contribution in [0.3, 0.4) is 0 Å². The maximum absolute atomic E-state index is 12.1. The van der Waals surface area contributed by atoms with Crippen LogP contribution in [-0.4, -0.2) is 34.5 Å². The van der Waals surface area contributed by atoms with E-state index in [0.29, 0.717) is 23.7 Å². The first-order chi connectivity index (χ1) is 11.9. The van der Waals surface area contributed by atoms with E-state index in [1.807, 2.05) is 12.1 Å². The molecule has 1 amide bonds. The lowest BCUT2D eigenvalue weighted by Crippen LogP contribution is -2.31. The molecule has 6 nitrogen and oxygen atoms in total. The highest BCUT2D eigenvalue weighted by molar-refractivity contribution is 7.89. The highest BCUT2D eigenvalue weighted by Gasteiger charge is 2.13. The van der Waals surface area contributed by atoms with Crippen LogP contribution in [0.5, 0.6) is 0 Å². The van der Waals surface area contributed by atoms with Gasteiger partial charge < -0.3 is 10.6 Å². The zero-order chi connectivity index (χ0) is 18.3. The third-order valence-corrected chi connectivity index (χ3v) is 5.17. The second-order valence-electron chi connectivity index (χ2n) is 5.31. The molecule has 0 saturated heterocycles. The molecule has 0 aliphatic rings. The van der Waals surface area contributed by atoms with Crippen LogP contribution in [0.15, 0.2) is 53.4 Å². The lowest BCUT2D eigenvalue weighted by molar-refractivity contribution is 0.0963. The normalized spacial score (nSPS) is 11.3. The highest BCUT2D eigenvalue weighted by Crippen LogP contribution is 2.14. The molecule has 0 saturated carbocycles. The van der Waals surface area contributed by atoms with E-state index in [-0.39, 0.29) is 17.3 Å². The fourth-order valence-electron chi connectivity index (χ4n) is 2.14. The third kappa shape index (κ3) is 5.82. The number of halogens is 1. The predicted molar refractivity (Wildman–Crippen MR) is 98.2 cm³/mol. The first kappa shape index (κ1) is 19.4. The van der Waals surface area contributed by atoms with Crippen molar-refractivity contribution in [1.29, 1.82) is 0 Å². The van der Waals surface area contributed by atoms with E-state index < -0.39 is 10.0 Å². The molecule has 2 rings (SSSR count). The van der Waals surface area contributed by atoms with Crippen LogP contribution in [0.2, 0.25) is 5.02 Å². The fourth-order valence-corrected chi connectivity index (χ4v) is 3.47. The largest absolute Gasteiger partial charge is 0.355 e. The van der Waals surface area contributed by atoms with E-state index in [1.165, 1.54) is 12.1 Å². The number of rotatable bonds is 8. The molecule has 0 aromatic heterocycles. The van der Waals surface area contributed by atoms with Gasteiger partial charge in [-0.2, -0.15) is 0 Å². The Morgan fingerprint density at radius 2 is 1.80 bits per heavy atom. The van der Waals surface area contributed by atoms with Gasteiger partial charge in [0.15, 0.2) is 0 Å². The Labute approximate surface area is 152 Å². The zero-order valence-corrected chi connectivity index (χ0v) is 15.3. The van der Waals surface area contributed by atoms with Crippen LogP contribution in [0.25, 0.3) is 0 Å². The number of amides is 1. The van der Waals surface area contributed by atoms with Crippen LogP contribution in [0.4, 0.5) is 0 Å². The molecule has 0 radical (unpaired) electrons. The minimum atomic E-state index is -3.56. The average molecular weight is 382 g/mol. The number of carbonyl (C=O) groups is 1. The molecule has 0 bridgehead atoms. The molecule has 0 atom stereocenters. The predicted octanol–water partition coefficient (Wildman–Crippen LogP) is 1.77. The molecule has 2 aromatic carbocycles. The number of hydrogen-bond donors (Lipinski definition) is 3. The molecule has 3 N–H and O–H groups in total. The van der Waals surface area contributed by atoms with Crippen LogP contribution in [0, 0.1) is 0 Å². The molecule has 8 heteroatoms. The van der Waals surface area contributed by atoms with E-state index in [1.54, 1.807) is 31.3 Å². The van der Waals surface area contributed by atoms with E-state index in [0.717, 1.165) is 5.56 Å². The summed E-state index contributed by atoms with van der Waals surface area (Å²) < 4.78 is 26.7. The van der Waals surface area contributed by atoms with Gasteiger partial charge in [0.25, 0.3) is 5.91 Å². The van der Waals surface area contributed by atoms with Gasteiger partial charge in [0.2, 0.25) is 10.0 Å². The summed E-state index contributed by atoms with van der Waals surface area (Å²) >= 11 is 5.81. The van der Waals surface area contributed by atoms with Crippen molar-refractivity contribution in [3.05, 3.63) is 64.7 Å². The molecular formula is C17H20ClN3O3S. The zero-order valence-electron chi connectivity index (χ0n) is 13.8. The average Bonchev–Trinajstić information content (AvgIpc) is 2.61. The first-order valence-corrected chi connectivity index (χ1v) is 9.55. The van der Waals surface area contributed by atoms with E-state index in [4.69, 9.17) is 11.6 Å². The molecule has 0 heterocycles. The van der Waals surface area contributed by atoms with Gasteiger partial charge in [-0.25, -0.2) is 13.1 Å². The maximum Gasteiger partial charge on any atom is 0.251 e. The Morgan fingerprint density at radius 1 is 1.08 bits per heavy atom. The Kier molecular flexibility index (Phi) is 6.95. The SMILES string of the molecule is CNC(=O)c1ccc(CNCCNS(=O)(=O)c2cccc(Cl)c2)cc1. The van der Waals surface area contributed by atoms with Gasteiger partial charge in [-0.3, -0.25) is 4.79 Å². The van der Waals surface area contributed by atoms with Crippen molar-refractivity contribution in [2.75, 3.05) is 20.1 Å². The fraction of sp³-hybridized carbons (Fsp3) is 0.235. The second-order valence-corrected chi connectivity index (χ2v) is 7.51. The summed E-state index contributed by atoms with van der Waals surface area (Å²) in [6.45, 7) is 1.30. The van der Waals surface area contributed by atoms with Crippen LogP contribution in [0.1, 0.15) is 15.9 Å². The van der Waals surface area contributed by atoms with Gasteiger partial charge >= 0.3 is 0 Å². The number of sulfonamides is 1. The molecule has 0 spiro atoms. The lowest BCUT2D eigenvalue weighted by atomic mass is 10.1. The monoisotopic (exact) mass is 381 g/mol. The summed E-state index contributed by atoms with van der Waals surface area (Å²) in [4.78, 5) is 11.6. The molecule has 0 unspecified atom stereocenters. The highest BCUT2D eigenvalue weighted by atomic mass is 35.5. The van der Waals surface area contributed by atoms with Crippen molar-refractivity contribution in [3.63, 3.8) is 0 Å². The summed E-state index contributed by atoms with van der Waals surface area (Å²) in [6.07, 6.45) is 0. The first-order valence-electron chi connectivity index (χ1n) is 7.69. The number of benzene rings is 2. The van der Waals surface area contributed by atoms with Gasteiger partial charge in [-0.1, -0.05) is 29.8 Å². The van der Waals surface area contributed by atoms with E-state index in [9.17, 15) is 13.2 Å². The van der Waals surface area contributed by atoms with E-state index >= 15 is 0 Å². The van der Waals surface area contributed by atoms with Crippen LogP contribution < -0.4 is 15.4 Å². The molecule has 25 heavy (non-hydrogen) atoms. The number of hydrogen-bond acceptors (Lipinski definition) is 4. The molecule has 0 fully saturated rings. The van der Waals surface area contributed by atoms with Crippen LogP contribution >= 0.6 is 11.6 Å². The van der Waals surface area contributed by atoms with Gasteiger partial charge in [-0.05, 0) is 35.9 Å². The summed E-state index contributed by atoms with van der Waals surface area (Å²) in [6, 6.07) is 13.3. The Hall–Kier alpha value is -1.93. The number of carbonyl (C=O) groups excluding carboxylic acids is 1. The van der Waals surface area contributed by atoms with Gasteiger partial charge in [-0.15, -0.1) is 0 Å². The van der Waals surface area contributed by atoms with Crippen molar-refractivity contribution < 1.29 is 13.2 Å². The molecule has 134 valence electrons. The lowest BCUT2D eigenvalue weighted by Gasteiger charge is -2.09. The van der Waals surface area contributed by atoms with Gasteiger partial charge in [0.1, 0.15) is 0 Å². The second kappa shape index (κ2) is 8.96. The Bertz CT molecular complexity index is 823. The molecule has 2 aromatic rings. The topological polar surface area (TPSA) is 87.3 Å². The van der Waals surface area contributed by atoms with Crippen molar-refractivity contribution in [3.8, 4) is 0 Å².